The van der Waals surface area contributed by atoms with Crippen molar-refractivity contribution in [3.05, 3.63) is 33.1 Å². The molecule has 0 amide bonds. The second-order valence-corrected chi connectivity index (χ2v) is 8.22. The largest absolute Gasteiger partial charge is 0.352 e. The number of rotatable bonds is 7. The van der Waals surface area contributed by atoms with Crippen LogP contribution in [0.5, 0.6) is 0 Å². The molecule has 4 atom stereocenters. The monoisotopic (exact) mass is 373 g/mol. The quantitative estimate of drug-likeness (QED) is 0.708. The number of aromatic amines is 1. The van der Waals surface area contributed by atoms with Gasteiger partial charge in [0.1, 0.15) is 6.23 Å². The highest BCUT2D eigenvalue weighted by Gasteiger charge is 2.35. The third-order valence-corrected chi connectivity index (χ3v) is 5.91. The molecule has 1 aliphatic heterocycles. The second-order valence-electron chi connectivity index (χ2n) is 7.00. The van der Waals surface area contributed by atoms with Crippen LogP contribution >= 0.6 is 8.53 Å². The standard InChI is InChI=1S/C16H28N3O5P/c1-10(2)19(11(3)4)25(22)23-9-13-8-12(5)15(24-13)18-7-6-14(20)17-16(18)21/h6-7,10-13,15,22H,8-9H2,1-5H3,(H,17,20,21). The predicted molar refractivity (Wildman–Crippen MR) is 96.2 cm³/mol. The van der Waals surface area contributed by atoms with Crippen LogP contribution in [0.2, 0.25) is 0 Å². The van der Waals surface area contributed by atoms with Crippen molar-refractivity contribution >= 4 is 8.53 Å². The summed E-state index contributed by atoms with van der Waals surface area (Å²) in [5.74, 6) is 0.0911. The number of nitrogens with one attached hydrogen (secondary N) is 1. The molecule has 4 unspecified atom stereocenters. The van der Waals surface area contributed by atoms with Crippen molar-refractivity contribution in [1.29, 1.82) is 0 Å². The van der Waals surface area contributed by atoms with E-state index in [4.69, 9.17) is 9.26 Å². The van der Waals surface area contributed by atoms with Gasteiger partial charge in [0.05, 0.1) is 12.7 Å². The SMILES string of the molecule is CC1CC(COP(O)N(C(C)C)C(C)C)OC1n1ccc(=O)[nH]c1=O. The Hall–Kier alpha value is -1.05. The topological polar surface area (TPSA) is 96.8 Å². The molecule has 1 aromatic heterocycles. The van der Waals surface area contributed by atoms with E-state index in [1.54, 1.807) is 0 Å². The van der Waals surface area contributed by atoms with Gasteiger partial charge in [-0.05, 0) is 34.1 Å². The minimum Gasteiger partial charge on any atom is -0.352 e. The lowest BCUT2D eigenvalue weighted by Gasteiger charge is -2.33. The molecule has 8 nitrogen and oxygen atoms in total. The summed E-state index contributed by atoms with van der Waals surface area (Å²) in [5, 5.41) is 0. The van der Waals surface area contributed by atoms with Crippen LogP contribution in [0.1, 0.15) is 47.3 Å². The average molecular weight is 373 g/mol. The van der Waals surface area contributed by atoms with E-state index in [-0.39, 0.29) is 30.7 Å². The van der Waals surface area contributed by atoms with E-state index in [1.165, 1.54) is 16.8 Å². The summed E-state index contributed by atoms with van der Waals surface area (Å²) in [6.45, 7) is 10.3. The molecule has 0 aliphatic carbocycles. The third kappa shape index (κ3) is 4.99. The van der Waals surface area contributed by atoms with Gasteiger partial charge < -0.3 is 14.2 Å². The van der Waals surface area contributed by atoms with Gasteiger partial charge >= 0.3 is 5.69 Å². The summed E-state index contributed by atoms with van der Waals surface area (Å²) in [5.41, 5.74) is -0.915. The molecule has 25 heavy (non-hydrogen) atoms. The van der Waals surface area contributed by atoms with Gasteiger partial charge in [-0.2, -0.15) is 0 Å². The van der Waals surface area contributed by atoms with Gasteiger partial charge in [0.25, 0.3) is 14.1 Å². The Kier molecular flexibility index (Phi) is 6.93. The maximum absolute atomic E-state index is 11.9. The van der Waals surface area contributed by atoms with E-state index in [2.05, 4.69) is 4.98 Å². The van der Waals surface area contributed by atoms with Crippen molar-refractivity contribution < 1.29 is 14.2 Å². The van der Waals surface area contributed by atoms with Gasteiger partial charge in [0.15, 0.2) is 0 Å². The van der Waals surface area contributed by atoms with Crippen LogP contribution in [0.15, 0.2) is 21.9 Å². The Bertz CT molecular complexity index is 666. The molecular formula is C16H28N3O5P. The molecule has 1 aliphatic rings. The van der Waals surface area contributed by atoms with Crippen LogP contribution in [-0.2, 0) is 9.26 Å². The van der Waals surface area contributed by atoms with Crippen molar-refractivity contribution in [2.75, 3.05) is 6.61 Å². The Morgan fingerprint density at radius 2 is 2.04 bits per heavy atom. The highest BCUT2D eigenvalue weighted by atomic mass is 31.2. The summed E-state index contributed by atoms with van der Waals surface area (Å²) in [6, 6.07) is 1.65. The molecule has 1 fully saturated rings. The molecule has 2 N–H and O–H groups in total. The van der Waals surface area contributed by atoms with Gasteiger partial charge in [-0.25, -0.2) is 9.46 Å². The molecular weight excluding hydrogens is 345 g/mol. The first kappa shape index (κ1) is 20.3. The third-order valence-electron chi connectivity index (χ3n) is 4.21. The predicted octanol–water partition coefficient (Wildman–Crippen LogP) is 1.81. The van der Waals surface area contributed by atoms with Crippen LogP contribution in [0.3, 0.4) is 0 Å². The minimum atomic E-state index is -1.70. The van der Waals surface area contributed by atoms with Gasteiger partial charge in [-0.15, -0.1) is 0 Å². The second kappa shape index (κ2) is 8.56. The molecule has 1 saturated heterocycles. The number of hydrogen-bond donors (Lipinski definition) is 2. The number of ether oxygens (including phenoxy) is 1. The van der Waals surface area contributed by atoms with E-state index < -0.39 is 26.0 Å². The molecule has 1 aromatic rings. The fourth-order valence-corrected chi connectivity index (χ4v) is 4.42. The summed E-state index contributed by atoms with van der Waals surface area (Å²) in [4.78, 5) is 35.7. The van der Waals surface area contributed by atoms with Gasteiger partial charge in [0.2, 0.25) is 0 Å². The van der Waals surface area contributed by atoms with E-state index in [1.807, 2.05) is 39.3 Å². The minimum absolute atomic E-state index is 0.0911. The summed E-state index contributed by atoms with van der Waals surface area (Å²) >= 11 is 0. The highest BCUT2D eigenvalue weighted by Crippen LogP contribution is 2.42. The molecule has 2 heterocycles. The van der Waals surface area contributed by atoms with Crippen LogP contribution in [0.4, 0.5) is 0 Å². The van der Waals surface area contributed by atoms with E-state index in [9.17, 15) is 14.5 Å². The summed E-state index contributed by atoms with van der Waals surface area (Å²) < 4.78 is 14.9. The average Bonchev–Trinajstić information content (AvgIpc) is 2.85. The van der Waals surface area contributed by atoms with Crippen LogP contribution in [0.25, 0.3) is 0 Å². The molecule has 0 radical (unpaired) electrons. The Balaban J connectivity index is 1.97. The zero-order valence-electron chi connectivity index (χ0n) is 15.4. The zero-order valence-corrected chi connectivity index (χ0v) is 16.3. The fraction of sp³-hybridized carbons (Fsp3) is 0.750. The molecule has 2 rings (SSSR count). The van der Waals surface area contributed by atoms with Crippen LogP contribution < -0.4 is 11.2 Å². The number of hydrogen-bond acceptors (Lipinski definition) is 6. The summed E-state index contributed by atoms with van der Waals surface area (Å²) in [6.07, 6.45) is 1.50. The Morgan fingerprint density at radius 3 is 2.60 bits per heavy atom. The maximum atomic E-state index is 11.9. The van der Waals surface area contributed by atoms with Gasteiger partial charge in [0, 0.05) is 30.3 Å². The normalized spacial score (nSPS) is 25.2. The van der Waals surface area contributed by atoms with Crippen molar-refractivity contribution in [3.8, 4) is 0 Å². The summed E-state index contributed by atoms with van der Waals surface area (Å²) in [7, 11) is -1.70. The van der Waals surface area contributed by atoms with E-state index >= 15 is 0 Å². The first-order chi connectivity index (χ1) is 11.7. The van der Waals surface area contributed by atoms with Gasteiger partial charge in [-0.1, -0.05) is 6.92 Å². The van der Waals surface area contributed by atoms with Crippen molar-refractivity contribution in [2.45, 2.75) is 65.5 Å². The highest BCUT2D eigenvalue weighted by molar-refractivity contribution is 7.43. The van der Waals surface area contributed by atoms with Crippen LogP contribution in [-0.4, -0.2) is 43.9 Å². The first-order valence-corrected chi connectivity index (χ1v) is 9.74. The molecule has 0 spiro atoms. The van der Waals surface area contributed by atoms with Crippen LogP contribution in [0, 0.1) is 5.92 Å². The first-order valence-electron chi connectivity index (χ1n) is 8.57. The molecule has 142 valence electrons. The molecule has 0 bridgehead atoms. The van der Waals surface area contributed by atoms with Gasteiger partial charge in [-0.3, -0.25) is 14.3 Å². The zero-order chi connectivity index (χ0) is 18.7. The lowest BCUT2D eigenvalue weighted by atomic mass is 10.1. The number of nitrogens with zero attached hydrogens (tertiary/aromatic N) is 2. The maximum Gasteiger partial charge on any atom is 0.330 e. The van der Waals surface area contributed by atoms with E-state index in [0.717, 1.165) is 0 Å². The Morgan fingerprint density at radius 1 is 1.40 bits per heavy atom. The van der Waals surface area contributed by atoms with Crippen molar-refractivity contribution in [1.82, 2.24) is 14.2 Å². The number of H-pyrrole nitrogens is 1. The lowest BCUT2D eigenvalue weighted by Crippen LogP contribution is -2.34. The molecule has 0 aromatic carbocycles. The number of aromatic nitrogens is 2. The molecule has 0 saturated carbocycles. The van der Waals surface area contributed by atoms with Crippen molar-refractivity contribution in [3.63, 3.8) is 0 Å². The smallest absolute Gasteiger partial charge is 0.330 e. The lowest BCUT2D eigenvalue weighted by molar-refractivity contribution is -0.0309. The Labute approximate surface area is 148 Å². The van der Waals surface area contributed by atoms with E-state index in [0.29, 0.717) is 6.42 Å². The fourth-order valence-electron chi connectivity index (χ4n) is 3.20. The van der Waals surface area contributed by atoms with Crippen molar-refractivity contribution in [2.24, 2.45) is 5.92 Å². The molecule has 9 heteroatoms.